The summed E-state index contributed by atoms with van der Waals surface area (Å²) in [5.74, 6) is 2.38. The number of fused-ring (bicyclic) bond motifs is 1. The summed E-state index contributed by atoms with van der Waals surface area (Å²) in [6.07, 6.45) is 7.17. The van der Waals surface area contributed by atoms with Crippen molar-refractivity contribution in [2.45, 2.75) is 58.4 Å². The van der Waals surface area contributed by atoms with E-state index in [0.29, 0.717) is 17.9 Å². The third-order valence-electron chi connectivity index (χ3n) is 4.35. The largest absolute Gasteiger partial charge is 0.339 e. The maximum atomic E-state index is 4.80. The zero-order chi connectivity index (χ0) is 12.7. The molecule has 1 aliphatic carbocycles. The molecule has 0 spiro atoms. The van der Waals surface area contributed by atoms with Crippen LogP contribution in [0.15, 0.2) is 6.20 Å². The van der Waals surface area contributed by atoms with Gasteiger partial charge in [0.2, 0.25) is 0 Å². The standard InChI is InChI=1S/C14H22N4/c1-9(2)10(3)18-14-12(8-15-18)16-13(17-14)11-6-4-5-7-11/h8-11H,4-7H2,1-3H3,(H,16,17). The van der Waals surface area contributed by atoms with Crippen LogP contribution < -0.4 is 0 Å². The first-order valence-electron chi connectivity index (χ1n) is 7.10. The van der Waals surface area contributed by atoms with E-state index in [1.807, 2.05) is 6.20 Å². The maximum absolute atomic E-state index is 4.80. The Morgan fingerprint density at radius 1 is 1.28 bits per heavy atom. The lowest BCUT2D eigenvalue weighted by Crippen LogP contribution is -2.13. The Morgan fingerprint density at radius 2 is 2.00 bits per heavy atom. The smallest absolute Gasteiger partial charge is 0.176 e. The molecule has 0 bridgehead atoms. The van der Waals surface area contributed by atoms with E-state index in [-0.39, 0.29) is 0 Å². The van der Waals surface area contributed by atoms with E-state index in [1.54, 1.807) is 0 Å². The van der Waals surface area contributed by atoms with Crippen LogP contribution in [0.5, 0.6) is 0 Å². The van der Waals surface area contributed by atoms with Gasteiger partial charge in [-0.25, -0.2) is 9.67 Å². The second-order valence-electron chi connectivity index (χ2n) is 5.91. The van der Waals surface area contributed by atoms with Crippen molar-refractivity contribution in [2.75, 3.05) is 0 Å². The number of hydrogen-bond donors (Lipinski definition) is 1. The third-order valence-corrected chi connectivity index (χ3v) is 4.35. The summed E-state index contributed by atoms with van der Waals surface area (Å²) >= 11 is 0. The molecule has 18 heavy (non-hydrogen) atoms. The highest BCUT2D eigenvalue weighted by atomic mass is 15.3. The number of aromatic nitrogens is 4. The highest BCUT2D eigenvalue weighted by Crippen LogP contribution is 2.33. The summed E-state index contributed by atoms with van der Waals surface area (Å²) in [5.41, 5.74) is 2.11. The zero-order valence-corrected chi connectivity index (χ0v) is 11.5. The van der Waals surface area contributed by atoms with Crippen LogP contribution in [0.3, 0.4) is 0 Å². The first kappa shape index (κ1) is 11.8. The summed E-state index contributed by atoms with van der Waals surface area (Å²) in [7, 11) is 0. The number of aromatic amines is 1. The summed E-state index contributed by atoms with van der Waals surface area (Å²) in [5, 5.41) is 4.47. The summed E-state index contributed by atoms with van der Waals surface area (Å²) in [4.78, 5) is 8.26. The zero-order valence-electron chi connectivity index (χ0n) is 11.5. The summed E-state index contributed by atoms with van der Waals surface area (Å²) < 4.78 is 2.06. The fourth-order valence-electron chi connectivity index (χ4n) is 2.81. The molecule has 0 aromatic carbocycles. The maximum Gasteiger partial charge on any atom is 0.176 e. The molecule has 1 N–H and O–H groups in total. The molecule has 2 aromatic rings. The van der Waals surface area contributed by atoms with Crippen molar-refractivity contribution in [1.82, 2.24) is 19.7 Å². The second-order valence-corrected chi connectivity index (χ2v) is 5.91. The molecule has 1 aliphatic rings. The van der Waals surface area contributed by atoms with Crippen molar-refractivity contribution < 1.29 is 0 Å². The molecular weight excluding hydrogens is 224 g/mol. The third kappa shape index (κ3) is 1.84. The van der Waals surface area contributed by atoms with E-state index in [9.17, 15) is 0 Å². The van der Waals surface area contributed by atoms with E-state index in [0.717, 1.165) is 11.2 Å². The number of imidazole rings is 1. The Hall–Kier alpha value is -1.32. The molecule has 2 aromatic heterocycles. The monoisotopic (exact) mass is 246 g/mol. The molecule has 1 unspecified atom stereocenters. The molecule has 2 heterocycles. The van der Waals surface area contributed by atoms with Gasteiger partial charge >= 0.3 is 0 Å². The van der Waals surface area contributed by atoms with Gasteiger partial charge in [-0.2, -0.15) is 5.10 Å². The van der Waals surface area contributed by atoms with Gasteiger partial charge in [0, 0.05) is 5.92 Å². The molecule has 0 saturated heterocycles. The number of nitrogens with one attached hydrogen (secondary N) is 1. The van der Waals surface area contributed by atoms with Crippen molar-refractivity contribution in [3.63, 3.8) is 0 Å². The predicted molar refractivity (Wildman–Crippen MR) is 72.6 cm³/mol. The van der Waals surface area contributed by atoms with Gasteiger partial charge in [-0.3, -0.25) is 0 Å². The minimum atomic E-state index is 0.391. The van der Waals surface area contributed by atoms with E-state index in [1.165, 1.54) is 31.5 Å². The Kier molecular flexibility index (Phi) is 2.88. The van der Waals surface area contributed by atoms with Gasteiger partial charge < -0.3 is 4.98 Å². The fraction of sp³-hybridized carbons (Fsp3) is 0.714. The normalized spacial score (nSPS) is 19.1. The van der Waals surface area contributed by atoms with Gasteiger partial charge in [0.25, 0.3) is 0 Å². The molecule has 3 rings (SSSR count). The lowest BCUT2D eigenvalue weighted by Gasteiger charge is -2.15. The molecule has 0 amide bonds. The van der Waals surface area contributed by atoms with Gasteiger partial charge in [0.1, 0.15) is 11.3 Å². The molecule has 4 nitrogen and oxygen atoms in total. The van der Waals surface area contributed by atoms with Crippen LogP contribution >= 0.6 is 0 Å². The van der Waals surface area contributed by atoms with Crippen LogP contribution in [0.2, 0.25) is 0 Å². The molecule has 4 heteroatoms. The average molecular weight is 246 g/mol. The SMILES string of the molecule is CC(C)C(C)n1ncc2[nH]c(C3CCCC3)nc21. The number of H-pyrrole nitrogens is 1. The van der Waals surface area contributed by atoms with E-state index < -0.39 is 0 Å². The van der Waals surface area contributed by atoms with Crippen LogP contribution in [0.4, 0.5) is 0 Å². The van der Waals surface area contributed by atoms with Crippen molar-refractivity contribution in [3.8, 4) is 0 Å². The van der Waals surface area contributed by atoms with Crippen LogP contribution in [0, 0.1) is 5.92 Å². The number of rotatable bonds is 3. The number of nitrogens with zero attached hydrogens (tertiary/aromatic N) is 3. The van der Waals surface area contributed by atoms with Crippen molar-refractivity contribution in [2.24, 2.45) is 5.92 Å². The van der Waals surface area contributed by atoms with Crippen molar-refractivity contribution >= 4 is 11.2 Å². The van der Waals surface area contributed by atoms with Crippen LogP contribution in [-0.4, -0.2) is 19.7 Å². The molecule has 1 atom stereocenters. The van der Waals surface area contributed by atoms with Crippen LogP contribution in [-0.2, 0) is 0 Å². The van der Waals surface area contributed by atoms with Crippen molar-refractivity contribution in [3.05, 3.63) is 12.0 Å². The lowest BCUT2D eigenvalue weighted by molar-refractivity contribution is 0.383. The molecule has 1 saturated carbocycles. The molecule has 98 valence electrons. The predicted octanol–water partition coefficient (Wildman–Crippen LogP) is 3.63. The summed E-state index contributed by atoms with van der Waals surface area (Å²) in [6.45, 7) is 6.66. The lowest BCUT2D eigenvalue weighted by atomic mass is 10.1. The Balaban J connectivity index is 1.97. The van der Waals surface area contributed by atoms with Gasteiger partial charge in [0.15, 0.2) is 5.65 Å². The topological polar surface area (TPSA) is 46.5 Å². The minimum absolute atomic E-state index is 0.391. The van der Waals surface area contributed by atoms with Gasteiger partial charge in [-0.1, -0.05) is 26.7 Å². The molecule has 1 fully saturated rings. The van der Waals surface area contributed by atoms with Crippen molar-refractivity contribution in [1.29, 1.82) is 0 Å². The molecular formula is C14H22N4. The highest BCUT2D eigenvalue weighted by molar-refractivity contribution is 5.70. The Morgan fingerprint density at radius 3 is 2.67 bits per heavy atom. The summed E-state index contributed by atoms with van der Waals surface area (Å²) in [6, 6.07) is 0.391. The van der Waals surface area contributed by atoms with Gasteiger partial charge in [0.05, 0.1) is 12.2 Å². The average Bonchev–Trinajstić information content (AvgIpc) is 3.03. The van der Waals surface area contributed by atoms with Gasteiger partial charge in [-0.05, 0) is 25.7 Å². The molecule has 0 radical (unpaired) electrons. The van der Waals surface area contributed by atoms with E-state index in [4.69, 9.17) is 4.98 Å². The van der Waals surface area contributed by atoms with E-state index >= 15 is 0 Å². The first-order chi connectivity index (χ1) is 8.66. The minimum Gasteiger partial charge on any atom is -0.339 e. The van der Waals surface area contributed by atoms with Gasteiger partial charge in [-0.15, -0.1) is 0 Å². The Bertz CT molecular complexity index is 531. The first-order valence-corrected chi connectivity index (χ1v) is 7.10. The molecule has 0 aliphatic heterocycles. The Labute approximate surface area is 108 Å². The van der Waals surface area contributed by atoms with Crippen LogP contribution in [0.25, 0.3) is 11.2 Å². The van der Waals surface area contributed by atoms with Crippen LogP contribution in [0.1, 0.15) is 64.2 Å². The highest BCUT2D eigenvalue weighted by Gasteiger charge is 2.22. The van der Waals surface area contributed by atoms with E-state index in [2.05, 4.69) is 35.5 Å². The quantitative estimate of drug-likeness (QED) is 0.898. The second kappa shape index (κ2) is 4.41. The fourth-order valence-corrected chi connectivity index (χ4v) is 2.81. The number of hydrogen-bond acceptors (Lipinski definition) is 2.